The molecule has 102 valence electrons. The highest BCUT2D eigenvalue weighted by molar-refractivity contribution is 7.71. The molecule has 0 aromatic heterocycles. The second-order valence-corrected chi connectivity index (χ2v) is 6.42. The van der Waals surface area contributed by atoms with Crippen LogP contribution in [0.4, 0.5) is 0 Å². The summed E-state index contributed by atoms with van der Waals surface area (Å²) in [6.07, 6.45) is 1.98. The Morgan fingerprint density at radius 2 is 1.39 bits per heavy atom. The number of rotatable bonds is 5. The van der Waals surface area contributed by atoms with Crippen LogP contribution in [0.5, 0.6) is 0 Å². The van der Waals surface area contributed by atoms with Crippen LogP contribution in [0.15, 0.2) is 11.1 Å². The molecule has 0 saturated carbocycles. The average Bonchev–Trinajstić information content (AvgIpc) is 2.11. The van der Waals surface area contributed by atoms with Crippen molar-refractivity contribution in [2.24, 2.45) is 5.41 Å². The minimum absolute atomic E-state index is 0.107. The summed E-state index contributed by atoms with van der Waals surface area (Å²) in [5, 5.41) is 4.64. The predicted molar refractivity (Wildman–Crippen MR) is 73.9 cm³/mol. The maximum Gasteiger partial charge on any atom is 0.260 e. The highest BCUT2D eigenvalue weighted by atomic mass is 32.2. The first-order valence-electron chi connectivity index (χ1n) is 5.49. The summed E-state index contributed by atoms with van der Waals surface area (Å²) in [4.78, 5) is 0. The van der Waals surface area contributed by atoms with Crippen molar-refractivity contribution < 1.29 is 16.8 Å². The Kier molecular flexibility index (Phi) is 6.96. The van der Waals surface area contributed by atoms with E-state index in [2.05, 4.69) is 10.0 Å². The van der Waals surface area contributed by atoms with Crippen molar-refractivity contribution in [1.29, 1.82) is 0 Å². The van der Waals surface area contributed by atoms with Crippen molar-refractivity contribution in [2.45, 2.75) is 47.0 Å². The Labute approximate surface area is 111 Å². The van der Waals surface area contributed by atoms with Crippen molar-refractivity contribution in [2.75, 3.05) is 0 Å². The summed E-state index contributed by atoms with van der Waals surface area (Å²) in [6.45, 7) is 7.45. The zero-order chi connectivity index (χ0) is 14.3. The molecule has 0 radical (unpaired) electrons. The molecule has 0 atom stereocenters. The van der Waals surface area contributed by atoms with E-state index in [9.17, 15) is 16.8 Å². The molecule has 6 heteroatoms. The smallest absolute Gasteiger partial charge is 0.176 e. The van der Waals surface area contributed by atoms with E-state index in [0.717, 1.165) is 6.42 Å². The normalized spacial score (nSPS) is 10.2. The van der Waals surface area contributed by atoms with Gasteiger partial charge in [-0.1, -0.05) is 13.8 Å². The SMILES string of the molecule is CC(=C=S(=O)=O)CCC(C)(C)CC(C)=C=S(=O)=O. The molecule has 0 aliphatic heterocycles. The molecule has 0 N–H and O–H groups in total. The fourth-order valence-electron chi connectivity index (χ4n) is 1.70. The minimum Gasteiger partial charge on any atom is -0.176 e. The molecular weight excluding hydrogens is 272 g/mol. The van der Waals surface area contributed by atoms with E-state index < -0.39 is 20.6 Å². The van der Waals surface area contributed by atoms with E-state index >= 15 is 0 Å². The van der Waals surface area contributed by atoms with E-state index in [1.54, 1.807) is 13.8 Å². The molecule has 0 fully saturated rings. The van der Waals surface area contributed by atoms with Gasteiger partial charge >= 0.3 is 0 Å². The summed E-state index contributed by atoms with van der Waals surface area (Å²) in [6, 6.07) is 0. The molecule has 0 rings (SSSR count). The van der Waals surface area contributed by atoms with Crippen molar-refractivity contribution in [3.8, 4) is 0 Å². The predicted octanol–water partition coefficient (Wildman–Crippen LogP) is 1.64. The van der Waals surface area contributed by atoms with Crippen LogP contribution in [0.1, 0.15) is 47.0 Å². The molecule has 0 aliphatic carbocycles. The Bertz CT molecular complexity index is 620. The van der Waals surface area contributed by atoms with Crippen LogP contribution in [-0.4, -0.2) is 26.9 Å². The molecule has 0 aliphatic rings. The van der Waals surface area contributed by atoms with Gasteiger partial charge in [0.1, 0.15) is 0 Å². The quantitative estimate of drug-likeness (QED) is 0.722. The topological polar surface area (TPSA) is 68.3 Å². The summed E-state index contributed by atoms with van der Waals surface area (Å²) >= 11 is 0. The number of hydrogen-bond donors (Lipinski definition) is 0. The number of allylic oxidation sites excluding steroid dienone is 2. The largest absolute Gasteiger partial charge is 0.260 e. The van der Waals surface area contributed by atoms with Crippen LogP contribution in [-0.2, 0) is 20.6 Å². The van der Waals surface area contributed by atoms with Crippen LogP contribution >= 0.6 is 0 Å². The summed E-state index contributed by atoms with van der Waals surface area (Å²) in [5.41, 5.74) is 1.24. The third-order valence-corrected chi connectivity index (χ3v) is 3.47. The maximum atomic E-state index is 10.5. The highest BCUT2D eigenvalue weighted by Crippen LogP contribution is 2.30. The highest BCUT2D eigenvalue weighted by Gasteiger charge is 2.18. The third-order valence-electron chi connectivity index (χ3n) is 2.44. The first-order chi connectivity index (χ1) is 8.12. The van der Waals surface area contributed by atoms with Gasteiger partial charge in [0.2, 0.25) is 0 Å². The third kappa shape index (κ3) is 9.02. The summed E-state index contributed by atoms with van der Waals surface area (Å²) < 4.78 is 41.8. The molecule has 0 saturated heterocycles. The van der Waals surface area contributed by atoms with Gasteiger partial charge in [0.25, 0.3) is 20.6 Å². The van der Waals surface area contributed by atoms with Crippen LogP contribution < -0.4 is 0 Å². The Morgan fingerprint density at radius 1 is 0.944 bits per heavy atom. The van der Waals surface area contributed by atoms with Gasteiger partial charge in [0.05, 0.1) is 0 Å². The monoisotopic (exact) mass is 290 g/mol. The Hall–Kier alpha value is -1.06. The molecule has 0 spiro atoms. The van der Waals surface area contributed by atoms with Gasteiger partial charge in [-0.2, -0.15) is 16.8 Å². The van der Waals surface area contributed by atoms with Crippen LogP contribution in [0.3, 0.4) is 0 Å². The van der Waals surface area contributed by atoms with Crippen molar-refractivity contribution in [1.82, 2.24) is 0 Å². The molecule has 0 amide bonds. The van der Waals surface area contributed by atoms with E-state index in [1.807, 2.05) is 13.8 Å². The Morgan fingerprint density at radius 3 is 1.83 bits per heavy atom. The fraction of sp³-hybridized carbons (Fsp3) is 0.667. The lowest BCUT2D eigenvalue weighted by molar-refractivity contribution is 0.333. The van der Waals surface area contributed by atoms with Gasteiger partial charge < -0.3 is 0 Å². The standard InChI is InChI=1S/C12H18O4S2/c1-10(8-17(13)14)5-6-12(3,4)7-11(2)9-18(15)16/h5-7H2,1-4H3. The van der Waals surface area contributed by atoms with Gasteiger partial charge in [0, 0.05) is 10.0 Å². The Balaban J connectivity index is 4.81. The second kappa shape index (κ2) is 7.39. The van der Waals surface area contributed by atoms with Gasteiger partial charge in [-0.25, -0.2) is 0 Å². The first-order valence-corrected chi connectivity index (χ1v) is 7.64. The molecule has 0 unspecified atom stereocenters. The maximum absolute atomic E-state index is 10.5. The number of hydrogen-bond acceptors (Lipinski definition) is 4. The minimum atomic E-state index is -2.29. The lowest BCUT2D eigenvalue weighted by Crippen LogP contribution is -2.12. The van der Waals surface area contributed by atoms with E-state index in [-0.39, 0.29) is 5.41 Å². The molecule has 0 aromatic rings. The summed E-state index contributed by atoms with van der Waals surface area (Å²) in [7, 11) is -4.57. The van der Waals surface area contributed by atoms with Crippen LogP contribution in [0, 0.1) is 5.41 Å². The van der Waals surface area contributed by atoms with Crippen LogP contribution in [0.2, 0.25) is 0 Å². The molecule has 0 aromatic carbocycles. The van der Waals surface area contributed by atoms with E-state index in [1.165, 1.54) is 0 Å². The zero-order valence-corrected chi connectivity index (χ0v) is 12.7. The zero-order valence-electron chi connectivity index (χ0n) is 11.1. The molecule has 0 bridgehead atoms. The lowest BCUT2D eigenvalue weighted by atomic mass is 9.81. The molecule has 0 heterocycles. The first kappa shape index (κ1) is 16.9. The van der Waals surface area contributed by atoms with Crippen molar-refractivity contribution in [3.63, 3.8) is 0 Å². The van der Waals surface area contributed by atoms with Crippen LogP contribution in [0.25, 0.3) is 0 Å². The molecular formula is C12H18O4S2. The van der Waals surface area contributed by atoms with E-state index in [0.29, 0.717) is 24.0 Å². The average molecular weight is 290 g/mol. The summed E-state index contributed by atoms with van der Waals surface area (Å²) in [5.74, 6) is 0. The van der Waals surface area contributed by atoms with Gasteiger partial charge in [0.15, 0.2) is 0 Å². The van der Waals surface area contributed by atoms with Gasteiger partial charge in [-0.15, -0.1) is 0 Å². The fourth-order valence-corrected chi connectivity index (χ4v) is 2.45. The van der Waals surface area contributed by atoms with Crippen molar-refractivity contribution >= 4 is 30.6 Å². The lowest BCUT2D eigenvalue weighted by Gasteiger charge is -2.23. The van der Waals surface area contributed by atoms with Gasteiger partial charge in [-0.05, 0) is 49.7 Å². The molecule has 18 heavy (non-hydrogen) atoms. The van der Waals surface area contributed by atoms with E-state index in [4.69, 9.17) is 0 Å². The molecule has 4 nitrogen and oxygen atoms in total. The van der Waals surface area contributed by atoms with Crippen molar-refractivity contribution in [3.05, 3.63) is 11.1 Å². The van der Waals surface area contributed by atoms with Gasteiger partial charge in [-0.3, -0.25) is 0 Å². The second-order valence-electron chi connectivity index (χ2n) is 5.08.